The highest BCUT2D eigenvalue weighted by Crippen LogP contribution is 2.01. The lowest BCUT2D eigenvalue weighted by Gasteiger charge is -2.33. The van der Waals surface area contributed by atoms with Crippen molar-refractivity contribution < 1.29 is 4.79 Å². The van der Waals surface area contributed by atoms with Crippen molar-refractivity contribution in [2.24, 2.45) is 0 Å². The van der Waals surface area contributed by atoms with Gasteiger partial charge in [0.1, 0.15) is 0 Å². The van der Waals surface area contributed by atoms with Crippen molar-refractivity contribution in [3.63, 3.8) is 0 Å². The molecule has 0 saturated carbocycles. The van der Waals surface area contributed by atoms with Gasteiger partial charge < -0.3 is 10.2 Å². The zero-order valence-corrected chi connectivity index (χ0v) is 12.7. The van der Waals surface area contributed by atoms with Crippen LogP contribution < -0.4 is 5.32 Å². The molecule has 1 aliphatic rings. The molecule has 1 rings (SSSR count). The number of halogens is 2. The smallest absolute Gasteiger partial charge is 0.236 e. The number of nitrogens with zero attached hydrogens (tertiary/aromatic N) is 2. The summed E-state index contributed by atoms with van der Waals surface area (Å²) in [6, 6.07) is 0.848. The third kappa shape index (κ3) is 6.46. The Bertz CT molecular complexity index is 227. The molecule has 1 aliphatic heterocycles. The van der Waals surface area contributed by atoms with Crippen LogP contribution in [-0.4, -0.2) is 61.0 Å². The summed E-state index contributed by atoms with van der Waals surface area (Å²) in [6.45, 7) is 9.45. The number of piperazine rings is 1. The Balaban J connectivity index is 0. The first-order valence-electron chi connectivity index (χ1n) is 5.72. The van der Waals surface area contributed by atoms with E-state index in [1.54, 1.807) is 0 Å². The molecule has 0 spiro atoms. The van der Waals surface area contributed by atoms with E-state index in [-0.39, 0.29) is 30.7 Å². The van der Waals surface area contributed by atoms with Crippen LogP contribution in [-0.2, 0) is 4.79 Å². The van der Waals surface area contributed by atoms with Crippen molar-refractivity contribution in [1.29, 1.82) is 0 Å². The molecule has 0 radical (unpaired) electrons. The Morgan fingerprint density at radius 3 is 2.53 bits per heavy atom. The largest absolute Gasteiger partial charge is 0.339 e. The fourth-order valence-corrected chi connectivity index (χ4v) is 1.65. The molecule has 0 aliphatic carbocycles. The third-order valence-electron chi connectivity index (χ3n) is 2.99. The van der Waals surface area contributed by atoms with Crippen molar-refractivity contribution in [2.75, 3.05) is 33.2 Å². The number of hydrogen-bond acceptors (Lipinski definition) is 3. The maximum absolute atomic E-state index is 11.9. The van der Waals surface area contributed by atoms with Crippen molar-refractivity contribution in [3.8, 4) is 0 Å². The van der Waals surface area contributed by atoms with Crippen molar-refractivity contribution >= 4 is 30.7 Å². The molecule has 1 heterocycles. The lowest BCUT2D eigenvalue weighted by atomic mass is 10.2. The number of nitrogens with one attached hydrogen (secondary N) is 1. The predicted molar refractivity (Wildman–Crippen MR) is 76.3 cm³/mol. The van der Waals surface area contributed by atoms with Gasteiger partial charge in [-0.2, -0.15) is 0 Å². The average Bonchev–Trinajstić information content (AvgIpc) is 2.17. The van der Waals surface area contributed by atoms with E-state index in [1.165, 1.54) is 0 Å². The summed E-state index contributed by atoms with van der Waals surface area (Å²) >= 11 is 0. The average molecular weight is 286 g/mol. The van der Waals surface area contributed by atoms with Crippen molar-refractivity contribution in [2.45, 2.75) is 32.9 Å². The van der Waals surface area contributed by atoms with Crippen LogP contribution in [0.3, 0.4) is 0 Å². The van der Waals surface area contributed by atoms with E-state index in [1.807, 2.05) is 11.9 Å². The molecule has 17 heavy (non-hydrogen) atoms. The monoisotopic (exact) mass is 285 g/mol. The maximum Gasteiger partial charge on any atom is 0.236 e. The third-order valence-corrected chi connectivity index (χ3v) is 2.99. The molecule has 0 bridgehead atoms. The minimum atomic E-state index is 0. The number of carbonyl (C=O) groups excluding carboxylic acids is 1. The van der Waals surface area contributed by atoms with E-state index in [0.717, 1.165) is 19.6 Å². The Morgan fingerprint density at radius 2 is 2.06 bits per heavy atom. The molecular weight excluding hydrogens is 261 g/mol. The van der Waals surface area contributed by atoms with E-state index in [9.17, 15) is 4.79 Å². The predicted octanol–water partition coefficient (Wildman–Crippen LogP) is 0.990. The standard InChI is InChI=1S/C11H23N3O.2ClH/c1-9(2)13(4)8-11(15)14-6-5-12-10(3)7-14;;/h9-10,12H,5-8H2,1-4H3;2*1H. The van der Waals surface area contributed by atoms with Gasteiger partial charge in [-0.3, -0.25) is 9.69 Å². The molecule has 1 unspecified atom stereocenters. The first kappa shape index (κ1) is 19.3. The van der Waals surface area contributed by atoms with Crippen LogP contribution in [0.15, 0.2) is 0 Å². The van der Waals surface area contributed by atoms with Crippen LogP contribution in [0.2, 0.25) is 0 Å². The topological polar surface area (TPSA) is 35.6 Å². The summed E-state index contributed by atoms with van der Waals surface area (Å²) in [4.78, 5) is 16.0. The number of rotatable bonds is 3. The van der Waals surface area contributed by atoms with Gasteiger partial charge in [-0.25, -0.2) is 0 Å². The summed E-state index contributed by atoms with van der Waals surface area (Å²) in [5.41, 5.74) is 0. The molecule has 6 heteroatoms. The van der Waals surface area contributed by atoms with Gasteiger partial charge >= 0.3 is 0 Å². The molecule has 1 atom stereocenters. The van der Waals surface area contributed by atoms with Crippen molar-refractivity contribution in [1.82, 2.24) is 15.1 Å². The van der Waals surface area contributed by atoms with Gasteiger partial charge in [0.15, 0.2) is 0 Å². The number of hydrogen-bond donors (Lipinski definition) is 1. The lowest BCUT2D eigenvalue weighted by molar-refractivity contribution is -0.133. The highest BCUT2D eigenvalue weighted by molar-refractivity contribution is 5.85. The van der Waals surface area contributed by atoms with E-state index in [2.05, 4.69) is 31.0 Å². The number of amides is 1. The molecule has 104 valence electrons. The highest BCUT2D eigenvalue weighted by atomic mass is 35.5. The van der Waals surface area contributed by atoms with Crippen LogP contribution in [0.4, 0.5) is 0 Å². The molecule has 0 aromatic rings. The van der Waals surface area contributed by atoms with Gasteiger partial charge in [-0.15, -0.1) is 24.8 Å². The fraction of sp³-hybridized carbons (Fsp3) is 0.909. The van der Waals surface area contributed by atoms with Crippen LogP contribution in [0.1, 0.15) is 20.8 Å². The Morgan fingerprint density at radius 1 is 1.47 bits per heavy atom. The van der Waals surface area contributed by atoms with E-state index in [0.29, 0.717) is 18.6 Å². The van der Waals surface area contributed by atoms with Crippen LogP contribution in [0.25, 0.3) is 0 Å². The molecule has 1 amide bonds. The Hall–Kier alpha value is -0.0300. The van der Waals surface area contributed by atoms with Gasteiger partial charge in [0.25, 0.3) is 0 Å². The van der Waals surface area contributed by atoms with Gasteiger partial charge in [-0.05, 0) is 27.8 Å². The molecule has 0 aromatic carbocycles. The first-order chi connectivity index (χ1) is 7.00. The molecule has 1 fully saturated rings. The quantitative estimate of drug-likeness (QED) is 0.840. The van der Waals surface area contributed by atoms with Gasteiger partial charge in [0, 0.05) is 31.7 Å². The minimum Gasteiger partial charge on any atom is -0.339 e. The van der Waals surface area contributed by atoms with E-state index < -0.39 is 0 Å². The minimum absolute atomic E-state index is 0. The summed E-state index contributed by atoms with van der Waals surface area (Å²) in [6.07, 6.45) is 0. The molecular formula is C11H25Cl2N3O. The van der Waals surface area contributed by atoms with Gasteiger partial charge in [0.05, 0.1) is 6.54 Å². The van der Waals surface area contributed by atoms with Gasteiger partial charge in [0.2, 0.25) is 5.91 Å². The summed E-state index contributed by atoms with van der Waals surface area (Å²) in [7, 11) is 1.99. The Labute approximate surface area is 117 Å². The number of carbonyl (C=O) groups is 1. The molecule has 1 saturated heterocycles. The molecule has 4 nitrogen and oxygen atoms in total. The first-order valence-corrected chi connectivity index (χ1v) is 5.72. The van der Waals surface area contributed by atoms with Gasteiger partial charge in [-0.1, -0.05) is 0 Å². The summed E-state index contributed by atoms with van der Waals surface area (Å²) < 4.78 is 0. The lowest BCUT2D eigenvalue weighted by Crippen LogP contribution is -2.53. The molecule has 0 aromatic heterocycles. The summed E-state index contributed by atoms with van der Waals surface area (Å²) in [5, 5.41) is 3.34. The van der Waals surface area contributed by atoms with E-state index >= 15 is 0 Å². The molecule has 1 N–H and O–H groups in total. The second kappa shape index (κ2) is 8.97. The SMILES string of the molecule is CC1CN(C(=O)CN(C)C(C)C)CCN1.Cl.Cl. The summed E-state index contributed by atoms with van der Waals surface area (Å²) in [5.74, 6) is 0.250. The van der Waals surface area contributed by atoms with Crippen LogP contribution in [0, 0.1) is 0 Å². The maximum atomic E-state index is 11.9. The van der Waals surface area contributed by atoms with E-state index in [4.69, 9.17) is 0 Å². The normalized spacial score (nSPS) is 19.9. The Kier molecular flexibility index (Phi) is 10.2. The second-order valence-corrected chi connectivity index (χ2v) is 4.70. The van der Waals surface area contributed by atoms with Crippen LogP contribution in [0.5, 0.6) is 0 Å². The van der Waals surface area contributed by atoms with Crippen molar-refractivity contribution in [3.05, 3.63) is 0 Å². The zero-order chi connectivity index (χ0) is 11.4. The highest BCUT2D eigenvalue weighted by Gasteiger charge is 2.21. The zero-order valence-electron chi connectivity index (χ0n) is 11.1. The van der Waals surface area contributed by atoms with Crippen LogP contribution >= 0.6 is 24.8 Å². The fourth-order valence-electron chi connectivity index (χ4n) is 1.65. The number of likely N-dealkylation sites (N-methyl/N-ethyl adjacent to an activating group) is 1. The second-order valence-electron chi connectivity index (χ2n) is 4.70.